The predicted molar refractivity (Wildman–Crippen MR) is 129 cm³/mol. The number of benzene rings is 3. The van der Waals surface area contributed by atoms with Gasteiger partial charge < -0.3 is 19.5 Å². The molecule has 2 amide bonds. The van der Waals surface area contributed by atoms with Crippen molar-refractivity contribution in [3.05, 3.63) is 82.3 Å². The summed E-state index contributed by atoms with van der Waals surface area (Å²) in [6.07, 6.45) is 1.40. The number of anilines is 1. The van der Waals surface area contributed by atoms with Crippen molar-refractivity contribution in [3.8, 4) is 17.2 Å². The fourth-order valence-electron chi connectivity index (χ4n) is 2.76. The Bertz CT molecular complexity index is 1130. The molecule has 2 N–H and O–H groups in total. The lowest BCUT2D eigenvalue weighted by Gasteiger charge is -2.13. The first kappa shape index (κ1) is 23.8. The number of hydrogen-bond acceptors (Lipinski definition) is 6. The van der Waals surface area contributed by atoms with Crippen LogP contribution in [-0.2, 0) is 16.2 Å². The van der Waals surface area contributed by atoms with E-state index in [-0.39, 0.29) is 0 Å². The molecule has 8 nitrogen and oxygen atoms in total. The Balaban J connectivity index is 1.59. The molecule has 33 heavy (non-hydrogen) atoms. The number of ether oxygens (including phenoxy) is 3. The zero-order valence-electron chi connectivity index (χ0n) is 18.0. The SMILES string of the molecule is COc1ccc(NC(=O)C(=O)N/N=C/c2cc(Br)c(OCc3ccccc3)c(OC)c2)cc1. The Morgan fingerprint density at radius 2 is 1.70 bits per heavy atom. The second-order valence-electron chi connectivity index (χ2n) is 6.69. The standard InChI is InChI=1S/C24H22BrN3O5/c1-31-19-10-8-18(9-11-19)27-23(29)24(30)28-26-14-17-12-20(25)22(21(13-17)32-2)33-15-16-6-4-3-5-7-16/h3-14H,15H2,1-2H3,(H,27,29)(H,28,30)/b26-14+. The molecule has 0 saturated heterocycles. The number of amides is 2. The normalized spacial score (nSPS) is 10.5. The zero-order valence-corrected chi connectivity index (χ0v) is 19.6. The lowest BCUT2D eigenvalue weighted by molar-refractivity contribution is -0.136. The van der Waals surface area contributed by atoms with Crippen molar-refractivity contribution in [2.75, 3.05) is 19.5 Å². The molecule has 3 rings (SSSR count). The van der Waals surface area contributed by atoms with Crippen molar-refractivity contribution >= 4 is 39.6 Å². The highest BCUT2D eigenvalue weighted by Crippen LogP contribution is 2.36. The van der Waals surface area contributed by atoms with Crippen LogP contribution in [0.2, 0.25) is 0 Å². The number of carbonyl (C=O) groups excluding carboxylic acids is 2. The fourth-order valence-corrected chi connectivity index (χ4v) is 3.34. The van der Waals surface area contributed by atoms with E-state index in [1.54, 1.807) is 43.5 Å². The van der Waals surface area contributed by atoms with Crippen LogP contribution in [0.4, 0.5) is 5.69 Å². The molecule has 0 heterocycles. The van der Waals surface area contributed by atoms with Crippen molar-refractivity contribution in [2.24, 2.45) is 5.10 Å². The number of nitrogens with one attached hydrogen (secondary N) is 2. The highest BCUT2D eigenvalue weighted by Gasteiger charge is 2.14. The number of nitrogens with zero attached hydrogens (tertiary/aromatic N) is 1. The van der Waals surface area contributed by atoms with Crippen LogP contribution in [0.3, 0.4) is 0 Å². The quantitative estimate of drug-likeness (QED) is 0.269. The molecule has 0 atom stereocenters. The second kappa shape index (κ2) is 11.7. The summed E-state index contributed by atoms with van der Waals surface area (Å²) in [5.74, 6) is -0.0801. The van der Waals surface area contributed by atoms with Gasteiger partial charge in [0.15, 0.2) is 11.5 Å². The van der Waals surface area contributed by atoms with E-state index in [0.29, 0.717) is 39.6 Å². The summed E-state index contributed by atoms with van der Waals surface area (Å²) < 4.78 is 17.0. The van der Waals surface area contributed by atoms with Crippen molar-refractivity contribution in [1.82, 2.24) is 5.43 Å². The maximum Gasteiger partial charge on any atom is 0.329 e. The molecule has 0 aliphatic carbocycles. The summed E-state index contributed by atoms with van der Waals surface area (Å²) in [5, 5.41) is 6.33. The molecule has 3 aromatic carbocycles. The highest BCUT2D eigenvalue weighted by atomic mass is 79.9. The first-order valence-corrected chi connectivity index (χ1v) is 10.6. The Morgan fingerprint density at radius 1 is 0.970 bits per heavy atom. The molecule has 170 valence electrons. The summed E-state index contributed by atoms with van der Waals surface area (Å²) in [7, 11) is 3.07. The van der Waals surface area contributed by atoms with Crippen LogP contribution in [-0.4, -0.2) is 32.2 Å². The fraction of sp³-hybridized carbons (Fsp3) is 0.125. The number of carbonyl (C=O) groups is 2. The van der Waals surface area contributed by atoms with Gasteiger partial charge in [0.1, 0.15) is 12.4 Å². The van der Waals surface area contributed by atoms with Crippen molar-refractivity contribution in [1.29, 1.82) is 0 Å². The van der Waals surface area contributed by atoms with E-state index in [4.69, 9.17) is 14.2 Å². The van der Waals surface area contributed by atoms with E-state index in [2.05, 4.69) is 31.8 Å². The Kier molecular flexibility index (Phi) is 8.43. The molecule has 0 aromatic heterocycles. The van der Waals surface area contributed by atoms with Gasteiger partial charge in [-0.15, -0.1) is 0 Å². The molecule has 0 aliphatic heterocycles. The average Bonchev–Trinajstić information content (AvgIpc) is 2.84. The van der Waals surface area contributed by atoms with E-state index >= 15 is 0 Å². The summed E-state index contributed by atoms with van der Waals surface area (Å²) in [6.45, 7) is 0.378. The average molecular weight is 512 g/mol. The third-order valence-electron chi connectivity index (χ3n) is 4.41. The van der Waals surface area contributed by atoms with Crippen LogP contribution < -0.4 is 25.0 Å². The van der Waals surface area contributed by atoms with Gasteiger partial charge in [-0.05, 0) is 63.5 Å². The maximum absolute atomic E-state index is 12.0. The predicted octanol–water partition coefficient (Wildman–Crippen LogP) is 4.13. The monoisotopic (exact) mass is 511 g/mol. The number of rotatable bonds is 8. The highest BCUT2D eigenvalue weighted by molar-refractivity contribution is 9.10. The van der Waals surface area contributed by atoms with Crippen LogP contribution in [0.15, 0.2) is 76.3 Å². The minimum absolute atomic E-state index is 0.378. The van der Waals surface area contributed by atoms with Crippen LogP contribution in [0.25, 0.3) is 0 Å². The molecule has 0 fully saturated rings. The van der Waals surface area contributed by atoms with Crippen LogP contribution >= 0.6 is 15.9 Å². The molecule has 3 aromatic rings. The van der Waals surface area contributed by atoms with Gasteiger partial charge >= 0.3 is 11.8 Å². The van der Waals surface area contributed by atoms with Crippen molar-refractivity contribution in [2.45, 2.75) is 6.61 Å². The third-order valence-corrected chi connectivity index (χ3v) is 5.00. The summed E-state index contributed by atoms with van der Waals surface area (Å²) in [5.41, 5.74) is 4.30. The number of halogens is 1. The van der Waals surface area contributed by atoms with E-state index < -0.39 is 11.8 Å². The Labute approximate surface area is 199 Å². The van der Waals surface area contributed by atoms with Gasteiger partial charge in [-0.1, -0.05) is 30.3 Å². The zero-order chi connectivity index (χ0) is 23.6. The van der Waals surface area contributed by atoms with Gasteiger partial charge in [0, 0.05) is 5.69 Å². The largest absolute Gasteiger partial charge is 0.497 e. The molecular formula is C24H22BrN3O5. The molecule has 0 saturated carbocycles. The molecule has 0 radical (unpaired) electrons. The summed E-state index contributed by atoms with van der Waals surface area (Å²) >= 11 is 3.48. The lowest BCUT2D eigenvalue weighted by Crippen LogP contribution is -2.32. The van der Waals surface area contributed by atoms with E-state index in [0.717, 1.165) is 5.56 Å². The van der Waals surface area contributed by atoms with Crippen LogP contribution in [0.5, 0.6) is 17.2 Å². The molecular weight excluding hydrogens is 490 g/mol. The number of hydrogen-bond donors (Lipinski definition) is 2. The molecule has 0 unspecified atom stereocenters. The first-order valence-electron chi connectivity index (χ1n) is 9.83. The molecule has 0 spiro atoms. The van der Waals surface area contributed by atoms with Gasteiger partial charge in [-0.2, -0.15) is 5.10 Å². The van der Waals surface area contributed by atoms with Crippen molar-refractivity contribution in [3.63, 3.8) is 0 Å². The van der Waals surface area contributed by atoms with Crippen LogP contribution in [0, 0.1) is 0 Å². The van der Waals surface area contributed by atoms with Crippen molar-refractivity contribution < 1.29 is 23.8 Å². The number of methoxy groups -OCH3 is 2. The van der Waals surface area contributed by atoms with E-state index in [1.807, 2.05) is 30.3 Å². The Hall–Kier alpha value is -3.85. The second-order valence-corrected chi connectivity index (χ2v) is 7.54. The Morgan fingerprint density at radius 3 is 2.36 bits per heavy atom. The lowest BCUT2D eigenvalue weighted by atomic mass is 10.2. The topological polar surface area (TPSA) is 98.2 Å². The first-order chi connectivity index (χ1) is 16.0. The summed E-state index contributed by atoms with van der Waals surface area (Å²) in [6, 6.07) is 19.8. The molecule has 9 heteroatoms. The van der Waals surface area contributed by atoms with Gasteiger partial charge in [0.25, 0.3) is 0 Å². The van der Waals surface area contributed by atoms with Gasteiger partial charge in [-0.25, -0.2) is 5.43 Å². The molecule has 0 aliphatic rings. The smallest absolute Gasteiger partial charge is 0.329 e. The van der Waals surface area contributed by atoms with E-state index in [9.17, 15) is 9.59 Å². The minimum atomic E-state index is -0.907. The van der Waals surface area contributed by atoms with Gasteiger partial charge in [-0.3, -0.25) is 9.59 Å². The molecule has 0 bridgehead atoms. The van der Waals surface area contributed by atoms with Gasteiger partial charge in [0.2, 0.25) is 0 Å². The minimum Gasteiger partial charge on any atom is -0.497 e. The van der Waals surface area contributed by atoms with Crippen LogP contribution in [0.1, 0.15) is 11.1 Å². The third kappa shape index (κ3) is 6.81. The maximum atomic E-state index is 12.0. The summed E-state index contributed by atoms with van der Waals surface area (Å²) in [4.78, 5) is 24.0. The van der Waals surface area contributed by atoms with Gasteiger partial charge in [0.05, 0.1) is 24.9 Å². The van der Waals surface area contributed by atoms with E-state index in [1.165, 1.54) is 13.3 Å². The number of hydrazone groups is 1.